The summed E-state index contributed by atoms with van der Waals surface area (Å²) in [7, 11) is 0. The lowest BCUT2D eigenvalue weighted by atomic mass is 10.0. The first-order valence-corrected chi connectivity index (χ1v) is 22.4. The maximum Gasteiger partial charge on any atom is 0.327 e. The number of hydrogen-bond donors (Lipinski definition) is 18. The lowest BCUT2D eigenvalue weighted by Gasteiger charge is -2.25. The molecule has 67 heavy (non-hydrogen) atoms. The number of aliphatic carboxylic acids is 3. The Bertz CT molecular complexity index is 1950. The number of nitrogens with one attached hydrogen (secondary N) is 8. The van der Waals surface area contributed by atoms with Crippen molar-refractivity contribution in [1.29, 1.82) is 0 Å². The number of thiol groups is 4. The molecule has 1 rings (SSSR count). The third kappa shape index (κ3) is 22.9. The van der Waals surface area contributed by atoms with Crippen LogP contribution in [0.25, 0.3) is 0 Å². The minimum Gasteiger partial charge on any atom is -0.481 e. The van der Waals surface area contributed by atoms with Crippen LogP contribution in [0.1, 0.15) is 31.2 Å². The van der Waals surface area contributed by atoms with Crippen molar-refractivity contribution in [1.82, 2.24) is 42.5 Å². The molecule has 1 aromatic rings. The van der Waals surface area contributed by atoms with Crippen molar-refractivity contribution in [3.63, 3.8) is 0 Å². The zero-order chi connectivity index (χ0) is 50.8. The van der Waals surface area contributed by atoms with Crippen LogP contribution in [0.5, 0.6) is 0 Å². The first-order valence-electron chi connectivity index (χ1n) is 19.9. The second-order valence-corrected chi connectivity index (χ2v) is 15.7. The van der Waals surface area contributed by atoms with Gasteiger partial charge in [0.15, 0.2) is 5.96 Å². The van der Waals surface area contributed by atoms with E-state index in [9.17, 15) is 68.1 Å². The molecule has 0 aliphatic rings. The van der Waals surface area contributed by atoms with Gasteiger partial charge in [-0.2, -0.15) is 50.5 Å². The molecule has 8 unspecified atom stereocenters. The Morgan fingerprint density at radius 3 is 1.43 bits per heavy atom. The summed E-state index contributed by atoms with van der Waals surface area (Å²) in [6.07, 6.45) is -2.16. The van der Waals surface area contributed by atoms with Crippen molar-refractivity contribution < 1.29 is 68.1 Å². The maximum atomic E-state index is 13.4. The molecule has 372 valence electrons. The Hall–Kier alpha value is -5.98. The Morgan fingerprint density at radius 2 is 0.970 bits per heavy atom. The number of aliphatic imine (C=N–C) groups is 1. The fourth-order valence-electron chi connectivity index (χ4n) is 5.43. The lowest BCUT2D eigenvalue weighted by Crippen LogP contribution is -2.59. The molecule has 8 amide bonds. The van der Waals surface area contributed by atoms with Crippen molar-refractivity contribution in [2.75, 3.05) is 36.1 Å². The normalized spacial score (nSPS) is 14.3. The number of guanidine groups is 1. The molecule has 0 fully saturated rings. The summed E-state index contributed by atoms with van der Waals surface area (Å²) in [5.41, 5.74) is 16.9. The second-order valence-electron chi connectivity index (χ2n) is 14.2. The number of rotatable bonds is 31. The van der Waals surface area contributed by atoms with Crippen LogP contribution in [0.15, 0.2) is 35.3 Å². The number of nitrogens with zero attached hydrogens (tertiary/aromatic N) is 1. The summed E-state index contributed by atoms with van der Waals surface area (Å²) in [5.74, 6) is -14.2. The van der Waals surface area contributed by atoms with Crippen molar-refractivity contribution in [2.45, 2.75) is 80.4 Å². The van der Waals surface area contributed by atoms with E-state index < -0.39 is 144 Å². The van der Waals surface area contributed by atoms with Gasteiger partial charge in [-0.05, 0) is 18.4 Å². The van der Waals surface area contributed by atoms with Crippen LogP contribution in [0.4, 0.5) is 0 Å². The van der Waals surface area contributed by atoms with Crippen LogP contribution in [0, 0.1) is 0 Å². The molecular formula is C37H56N12O14S4. The van der Waals surface area contributed by atoms with Crippen LogP contribution in [-0.4, -0.2) is 171 Å². The van der Waals surface area contributed by atoms with Crippen LogP contribution in [-0.2, 0) is 59.2 Å². The number of benzene rings is 1. The van der Waals surface area contributed by atoms with Gasteiger partial charge < -0.3 is 75.1 Å². The van der Waals surface area contributed by atoms with Crippen LogP contribution in [0.2, 0.25) is 0 Å². The highest BCUT2D eigenvalue weighted by Crippen LogP contribution is 2.07. The van der Waals surface area contributed by atoms with Gasteiger partial charge in [0.2, 0.25) is 47.3 Å². The molecule has 26 nitrogen and oxygen atoms in total. The quantitative estimate of drug-likeness (QED) is 0.0142. The van der Waals surface area contributed by atoms with E-state index in [4.69, 9.17) is 17.2 Å². The van der Waals surface area contributed by atoms with E-state index in [0.29, 0.717) is 5.56 Å². The number of carboxylic acids is 3. The van der Waals surface area contributed by atoms with Crippen molar-refractivity contribution in [3.8, 4) is 0 Å². The van der Waals surface area contributed by atoms with Crippen molar-refractivity contribution >= 4 is 122 Å². The molecule has 0 radical (unpaired) electrons. The summed E-state index contributed by atoms with van der Waals surface area (Å²) in [4.78, 5) is 144. The predicted molar refractivity (Wildman–Crippen MR) is 252 cm³/mol. The number of carbonyl (C=O) groups is 11. The minimum atomic E-state index is -1.86. The first kappa shape index (κ1) is 59.0. The zero-order valence-corrected chi connectivity index (χ0v) is 39.2. The van der Waals surface area contributed by atoms with E-state index in [0.717, 1.165) is 0 Å². The SMILES string of the molecule is NC(N)=NCCCC(NC(=O)C(CS)NC(=O)C(CC(=O)O)NC(=O)C(N)CS)C(=O)NCC(=O)NC(CC(=O)O)C(=O)NC(CS)C(=O)NC(Cc1ccccc1)C(=O)NC(CS)C(=O)O. The smallest absolute Gasteiger partial charge is 0.327 e. The summed E-state index contributed by atoms with van der Waals surface area (Å²) in [6, 6.07) is -3.76. The molecule has 0 aromatic heterocycles. The summed E-state index contributed by atoms with van der Waals surface area (Å²) in [5, 5.41) is 46.3. The van der Waals surface area contributed by atoms with E-state index in [-0.39, 0.29) is 43.3 Å². The van der Waals surface area contributed by atoms with Gasteiger partial charge >= 0.3 is 17.9 Å². The summed E-state index contributed by atoms with van der Waals surface area (Å²) >= 11 is 16.0. The van der Waals surface area contributed by atoms with E-state index in [1.807, 2.05) is 0 Å². The highest BCUT2D eigenvalue weighted by molar-refractivity contribution is 7.80. The predicted octanol–water partition coefficient (Wildman–Crippen LogP) is -6.13. The topological polar surface area (TPSA) is 435 Å². The average molecular weight is 1020 g/mol. The van der Waals surface area contributed by atoms with Crippen molar-refractivity contribution in [2.24, 2.45) is 22.2 Å². The van der Waals surface area contributed by atoms with Gasteiger partial charge in [0.1, 0.15) is 42.3 Å². The molecule has 0 spiro atoms. The minimum absolute atomic E-state index is 0.0282. The molecule has 0 saturated carbocycles. The largest absolute Gasteiger partial charge is 0.481 e. The molecule has 0 heterocycles. The van der Waals surface area contributed by atoms with Crippen LogP contribution in [0.3, 0.4) is 0 Å². The fraction of sp³-hybridized carbons (Fsp3) is 0.514. The number of carboxylic acid groups (broad SMARTS) is 3. The third-order valence-electron chi connectivity index (χ3n) is 8.92. The van der Waals surface area contributed by atoms with Gasteiger partial charge in [-0.25, -0.2) is 4.79 Å². The van der Waals surface area contributed by atoms with E-state index >= 15 is 0 Å². The van der Waals surface area contributed by atoms with Gasteiger partial charge in [0.05, 0.1) is 25.4 Å². The second kappa shape index (κ2) is 31.1. The molecule has 0 saturated heterocycles. The molecule has 8 atom stereocenters. The van der Waals surface area contributed by atoms with Gasteiger partial charge in [-0.15, -0.1) is 0 Å². The molecule has 0 bridgehead atoms. The van der Waals surface area contributed by atoms with Crippen molar-refractivity contribution in [3.05, 3.63) is 35.9 Å². The highest BCUT2D eigenvalue weighted by Gasteiger charge is 2.34. The number of hydrogen-bond acceptors (Lipinski definition) is 17. The molecule has 17 N–H and O–H groups in total. The number of amides is 8. The van der Waals surface area contributed by atoms with Gasteiger partial charge in [-0.3, -0.25) is 52.9 Å². The standard InChI is InChI=1S/C37H56N12O14S4/c38-18(13-64)29(55)45-22(11-28(53)54)33(59)48-23(14-65)34(60)44-19(7-4-8-41-37(39)40)30(56)42-12-26(50)43-21(10-27(51)52)32(58)47-24(15-66)35(61)46-20(9-17-5-2-1-3-6-17)31(57)49-25(16-67)36(62)63/h1-3,5-6,18-25,64-67H,4,7-16,38H2,(H,42,56)(H,43,50)(H,44,60)(H,45,55)(H,46,61)(H,47,58)(H,48,59)(H,49,57)(H,51,52)(H,53,54)(H,62,63)(H4,39,40,41). The molecule has 0 aliphatic carbocycles. The van der Waals surface area contributed by atoms with Crippen LogP contribution >= 0.6 is 50.5 Å². The molecule has 0 aliphatic heterocycles. The lowest BCUT2D eigenvalue weighted by molar-refractivity contribution is -0.142. The Balaban J connectivity index is 3.18. The Morgan fingerprint density at radius 1 is 0.537 bits per heavy atom. The summed E-state index contributed by atoms with van der Waals surface area (Å²) < 4.78 is 0. The van der Waals surface area contributed by atoms with E-state index in [1.54, 1.807) is 30.3 Å². The average Bonchev–Trinajstić information content (AvgIpc) is 3.27. The van der Waals surface area contributed by atoms with Gasteiger partial charge in [0.25, 0.3) is 0 Å². The number of nitrogens with two attached hydrogens (primary N) is 3. The van der Waals surface area contributed by atoms with Gasteiger partial charge in [0, 0.05) is 36.0 Å². The first-order chi connectivity index (χ1) is 31.6. The molecule has 30 heteroatoms. The monoisotopic (exact) mass is 1020 g/mol. The third-order valence-corrected chi connectivity index (χ3v) is 10.4. The zero-order valence-electron chi connectivity index (χ0n) is 35.6. The highest BCUT2D eigenvalue weighted by atomic mass is 32.1. The summed E-state index contributed by atoms with van der Waals surface area (Å²) in [6.45, 7) is -0.934. The Labute approximate surface area is 405 Å². The van der Waals surface area contributed by atoms with E-state index in [2.05, 4.69) is 98.0 Å². The maximum absolute atomic E-state index is 13.4. The molecular weight excluding hydrogens is 965 g/mol. The Kier molecular flexibility index (Phi) is 27.4. The van der Waals surface area contributed by atoms with E-state index in [1.165, 1.54) is 0 Å². The number of carbonyl (C=O) groups excluding carboxylic acids is 8. The van der Waals surface area contributed by atoms with Crippen LogP contribution < -0.4 is 59.7 Å². The van der Waals surface area contributed by atoms with Gasteiger partial charge in [-0.1, -0.05) is 30.3 Å². The molecule has 1 aromatic carbocycles. The fourth-order valence-corrected chi connectivity index (χ4v) is 6.36.